The van der Waals surface area contributed by atoms with Gasteiger partial charge in [-0.3, -0.25) is 0 Å². The number of aliphatic hydroxyl groups is 1. The summed E-state index contributed by atoms with van der Waals surface area (Å²) in [5.74, 6) is 0. The molecule has 0 aliphatic rings. The van der Waals surface area contributed by atoms with Crippen LogP contribution in [0.5, 0.6) is 0 Å². The summed E-state index contributed by atoms with van der Waals surface area (Å²) in [6, 6.07) is 0. The van der Waals surface area contributed by atoms with Crippen molar-refractivity contribution >= 4 is 0 Å². The smallest absolute Gasteiger partial charge is 0.0547 e. The van der Waals surface area contributed by atoms with E-state index < -0.39 is 5.41 Å². The topological polar surface area (TPSA) is 127 Å². The minimum absolute atomic E-state index is 0.0520. The summed E-state index contributed by atoms with van der Waals surface area (Å²) in [7, 11) is 0. The Balaban J connectivity index is 3.89. The Morgan fingerprint density at radius 1 is 0.913 bits per heavy atom. The van der Waals surface area contributed by atoms with Crippen LogP contribution in [0.15, 0.2) is 10.2 Å². The molecule has 0 atom stereocenters. The Labute approximate surface area is 138 Å². The number of azide groups is 2. The second-order valence-electron chi connectivity index (χ2n) is 5.96. The molecule has 0 fully saturated rings. The van der Waals surface area contributed by atoms with Gasteiger partial charge in [0.25, 0.3) is 0 Å². The molecular weight excluding hydrogens is 296 g/mol. The second kappa shape index (κ2) is 15.4. The Bertz CT molecular complexity index is 358. The van der Waals surface area contributed by atoms with Crippen molar-refractivity contribution in [1.82, 2.24) is 0 Å². The molecule has 0 unspecified atom stereocenters. The lowest BCUT2D eigenvalue weighted by Gasteiger charge is -2.28. The van der Waals surface area contributed by atoms with Gasteiger partial charge in [0.15, 0.2) is 0 Å². The van der Waals surface area contributed by atoms with E-state index in [9.17, 15) is 5.11 Å². The number of nitrogens with zero attached hydrogens (tertiary/aromatic N) is 6. The number of hydrogen-bond donors (Lipinski definition) is 1. The summed E-state index contributed by atoms with van der Waals surface area (Å²) >= 11 is 0. The third kappa shape index (κ3) is 11.7. The highest BCUT2D eigenvalue weighted by molar-refractivity contribution is 4.84. The summed E-state index contributed by atoms with van der Waals surface area (Å²) in [6.45, 7) is 2.89. The molecule has 8 heteroatoms. The van der Waals surface area contributed by atoms with Crippen LogP contribution in [0, 0.1) is 5.41 Å². The van der Waals surface area contributed by atoms with Gasteiger partial charge in [0.1, 0.15) is 0 Å². The summed E-state index contributed by atoms with van der Waals surface area (Å²) in [5, 5.41) is 16.5. The van der Waals surface area contributed by atoms with Crippen LogP contribution >= 0.6 is 0 Å². The standard InChI is InChI=1S/C15H30N6O2/c1-2-3-4-5-6-7-8-9-10-23-14-15(13-22,11-18-20-16)12-19-21-17/h22H,2-14H2,1H3. The molecule has 0 saturated heterocycles. The molecule has 0 heterocycles. The SMILES string of the molecule is CCCCCCCCCCOCC(CO)(CN=[N+]=[N-])CN=[N+]=[N-]. The molecule has 0 aromatic rings. The first kappa shape index (κ1) is 21.5. The maximum Gasteiger partial charge on any atom is 0.0547 e. The monoisotopic (exact) mass is 326 g/mol. The molecule has 132 valence electrons. The van der Waals surface area contributed by atoms with E-state index in [1.165, 1.54) is 38.5 Å². The molecule has 23 heavy (non-hydrogen) atoms. The summed E-state index contributed by atoms with van der Waals surface area (Å²) in [5.41, 5.74) is 16.0. The van der Waals surface area contributed by atoms with E-state index in [1.54, 1.807) is 0 Å². The first-order valence-electron chi connectivity index (χ1n) is 8.45. The normalized spacial score (nSPS) is 13.0. The van der Waals surface area contributed by atoms with Crippen LogP contribution < -0.4 is 0 Å². The van der Waals surface area contributed by atoms with Crippen molar-refractivity contribution in [2.75, 3.05) is 32.9 Å². The van der Waals surface area contributed by atoms with Crippen LogP contribution in [-0.4, -0.2) is 38.0 Å². The highest BCUT2D eigenvalue weighted by Gasteiger charge is 2.28. The van der Waals surface area contributed by atoms with E-state index >= 15 is 0 Å². The van der Waals surface area contributed by atoms with E-state index in [0.717, 1.165) is 12.8 Å². The van der Waals surface area contributed by atoms with Crippen molar-refractivity contribution < 1.29 is 9.84 Å². The van der Waals surface area contributed by atoms with Crippen LogP contribution in [-0.2, 0) is 4.74 Å². The van der Waals surface area contributed by atoms with Gasteiger partial charge in [0, 0.05) is 34.9 Å². The maximum absolute atomic E-state index is 9.53. The van der Waals surface area contributed by atoms with E-state index in [0.29, 0.717) is 6.61 Å². The highest BCUT2D eigenvalue weighted by atomic mass is 16.5. The third-order valence-electron chi connectivity index (χ3n) is 3.82. The van der Waals surface area contributed by atoms with Gasteiger partial charge in [-0.2, -0.15) is 0 Å². The van der Waals surface area contributed by atoms with Crippen LogP contribution in [0.2, 0.25) is 0 Å². The van der Waals surface area contributed by atoms with Crippen molar-refractivity contribution in [3.05, 3.63) is 20.9 Å². The fourth-order valence-corrected chi connectivity index (χ4v) is 2.28. The molecule has 0 radical (unpaired) electrons. The van der Waals surface area contributed by atoms with Crippen LogP contribution in [0.4, 0.5) is 0 Å². The summed E-state index contributed by atoms with van der Waals surface area (Å²) < 4.78 is 5.60. The first-order chi connectivity index (χ1) is 11.2. The predicted octanol–water partition coefficient (Wildman–Crippen LogP) is 4.74. The highest BCUT2D eigenvalue weighted by Crippen LogP contribution is 2.19. The molecule has 1 N–H and O–H groups in total. The second-order valence-corrected chi connectivity index (χ2v) is 5.96. The molecule has 0 bridgehead atoms. The Morgan fingerprint density at radius 3 is 1.91 bits per heavy atom. The fraction of sp³-hybridized carbons (Fsp3) is 1.00. The zero-order chi connectivity index (χ0) is 17.2. The number of unbranched alkanes of at least 4 members (excludes halogenated alkanes) is 7. The Kier molecular flexibility index (Phi) is 14.5. The van der Waals surface area contributed by atoms with Crippen LogP contribution in [0.25, 0.3) is 20.9 Å². The zero-order valence-corrected chi connectivity index (χ0v) is 14.2. The molecule has 0 saturated carbocycles. The van der Waals surface area contributed by atoms with Crippen LogP contribution in [0.3, 0.4) is 0 Å². The fourth-order valence-electron chi connectivity index (χ4n) is 2.28. The Hall–Kier alpha value is -1.46. The van der Waals surface area contributed by atoms with Gasteiger partial charge in [-0.05, 0) is 17.5 Å². The van der Waals surface area contributed by atoms with Crippen molar-refractivity contribution in [1.29, 1.82) is 0 Å². The number of rotatable bonds is 16. The number of aliphatic hydroxyl groups excluding tert-OH is 1. The lowest BCUT2D eigenvalue weighted by atomic mass is 9.90. The molecular formula is C15H30N6O2. The van der Waals surface area contributed by atoms with Gasteiger partial charge in [-0.25, -0.2) is 0 Å². The van der Waals surface area contributed by atoms with Gasteiger partial charge in [0.05, 0.1) is 13.2 Å². The largest absolute Gasteiger partial charge is 0.396 e. The minimum Gasteiger partial charge on any atom is -0.396 e. The number of hydrogen-bond acceptors (Lipinski definition) is 4. The van der Waals surface area contributed by atoms with Gasteiger partial charge < -0.3 is 9.84 Å². The van der Waals surface area contributed by atoms with E-state index in [-0.39, 0.29) is 26.3 Å². The van der Waals surface area contributed by atoms with Gasteiger partial charge in [-0.1, -0.05) is 62.1 Å². The van der Waals surface area contributed by atoms with Crippen molar-refractivity contribution in [3.63, 3.8) is 0 Å². The first-order valence-corrected chi connectivity index (χ1v) is 8.45. The lowest BCUT2D eigenvalue weighted by Crippen LogP contribution is -2.37. The molecule has 0 aromatic heterocycles. The van der Waals surface area contributed by atoms with Crippen molar-refractivity contribution in [2.24, 2.45) is 15.6 Å². The molecule has 0 aromatic carbocycles. The molecule has 8 nitrogen and oxygen atoms in total. The quantitative estimate of drug-likeness (QED) is 0.190. The van der Waals surface area contributed by atoms with Crippen LogP contribution in [0.1, 0.15) is 58.3 Å². The van der Waals surface area contributed by atoms with Crippen molar-refractivity contribution in [3.8, 4) is 0 Å². The average molecular weight is 326 g/mol. The van der Waals surface area contributed by atoms with Gasteiger partial charge >= 0.3 is 0 Å². The van der Waals surface area contributed by atoms with E-state index in [4.69, 9.17) is 15.8 Å². The van der Waals surface area contributed by atoms with E-state index in [1.807, 2.05) is 0 Å². The Morgan fingerprint density at radius 2 is 1.43 bits per heavy atom. The van der Waals surface area contributed by atoms with Gasteiger partial charge in [0.2, 0.25) is 0 Å². The lowest BCUT2D eigenvalue weighted by molar-refractivity contribution is 0.0154. The molecule has 0 amide bonds. The summed E-state index contributed by atoms with van der Waals surface area (Å²) in [6.07, 6.45) is 9.81. The number of ether oxygens (including phenoxy) is 1. The average Bonchev–Trinajstić information content (AvgIpc) is 2.58. The van der Waals surface area contributed by atoms with Gasteiger partial charge in [-0.15, -0.1) is 0 Å². The predicted molar refractivity (Wildman–Crippen MR) is 91.0 cm³/mol. The maximum atomic E-state index is 9.53. The van der Waals surface area contributed by atoms with E-state index in [2.05, 4.69) is 27.0 Å². The summed E-state index contributed by atoms with van der Waals surface area (Å²) in [4.78, 5) is 5.40. The van der Waals surface area contributed by atoms with Crippen molar-refractivity contribution in [2.45, 2.75) is 58.3 Å². The third-order valence-corrected chi connectivity index (χ3v) is 3.82. The molecule has 0 aliphatic heterocycles. The zero-order valence-electron chi connectivity index (χ0n) is 14.2. The molecule has 0 rings (SSSR count). The molecule has 0 aliphatic carbocycles. The minimum atomic E-state index is -0.821. The molecule has 0 spiro atoms.